The number of hydrogen-bond donors (Lipinski definition) is 1. The fraction of sp³-hybridized carbons (Fsp3) is 0.875. The zero-order valence-corrected chi connectivity index (χ0v) is 8.73. The summed E-state index contributed by atoms with van der Waals surface area (Å²) in [6.45, 7) is 3.36. The lowest BCUT2D eigenvalue weighted by atomic mass is 10.1. The predicted molar refractivity (Wildman–Crippen MR) is 49.3 cm³/mol. The molecule has 0 aromatic carbocycles. The lowest BCUT2D eigenvalue weighted by molar-refractivity contribution is -0.211. The van der Waals surface area contributed by atoms with Gasteiger partial charge in [0.1, 0.15) is 12.1 Å². The number of aliphatic carboxylic acids is 1. The van der Waals surface area contributed by atoms with E-state index in [-0.39, 0.29) is 0 Å². The van der Waals surface area contributed by atoms with Gasteiger partial charge >= 0.3 is 5.97 Å². The highest BCUT2D eigenvalue weighted by Crippen LogP contribution is 2.38. The SMILES string of the molecule is CC1(C)OC2OC(C(=O)O)C(N=[N+]=[N-])C2O1. The molecule has 2 aliphatic rings. The number of carboxylic acid groups (broad SMARTS) is 1. The van der Waals surface area contributed by atoms with Gasteiger partial charge in [-0.2, -0.15) is 0 Å². The third-order valence-electron chi connectivity index (χ3n) is 2.44. The molecule has 0 spiro atoms. The van der Waals surface area contributed by atoms with E-state index in [1.54, 1.807) is 13.8 Å². The first-order chi connectivity index (χ1) is 7.44. The maximum absolute atomic E-state index is 10.9. The summed E-state index contributed by atoms with van der Waals surface area (Å²) < 4.78 is 15.9. The lowest BCUT2D eigenvalue weighted by Crippen LogP contribution is -2.37. The van der Waals surface area contributed by atoms with Crippen molar-refractivity contribution in [3.63, 3.8) is 0 Å². The van der Waals surface area contributed by atoms with Gasteiger partial charge in [-0.25, -0.2) is 4.79 Å². The average molecular weight is 229 g/mol. The molecule has 0 bridgehead atoms. The number of azide groups is 1. The van der Waals surface area contributed by atoms with Gasteiger partial charge in [0, 0.05) is 4.91 Å². The van der Waals surface area contributed by atoms with Gasteiger partial charge in [0.15, 0.2) is 18.2 Å². The third kappa shape index (κ3) is 1.72. The molecule has 0 aromatic rings. The van der Waals surface area contributed by atoms with Crippen LogP contribution in [-0.2, 0) is 19.0 Å². The minimum atomic E-state index is -1.22. The molecule has 4 unspecified atom stereocenters. The summed E-state index contributed by atoms with van der Waals surface area (Å²) in [5.41, 5.74) is 8.39. The molecule has 0 aromatic heterocycles. The van der Waals surface area contributed by atoms with Crippen molar-refractivity contribution in [3.8, 4) is 0 Å². The Morgan fingerprint density at radius 2 is 2.19 bits per heavy atom. The molecule has 2 saturated heterocycles. The van der Waals surface area contributed by atoms with E-state index in [0.717, 1.165) is 0 Å². The van der Waals surface area contributed by atoms with Crippen LogP contribution in [0.4, 0.5) is 0 Å². The molecular formula is C8H11N3O5. The minimum Gasteiger partial charge on any atom is -0.479 e. The van der Waals surface area contributed by atoms with Crippen LogP contribution in [0.2, 0.25) is 0 Å². The van der Waals surface area contributed by atoms with Crippen molar-refractivity contribution in [1.82, 2.24) is 0 Å². The Bertz CT molecular complexity index is 365. The third-order valence-corrected chi connectivity index (χ3v) is 2.44. The Hall–Kier alpha value is -1.34. The zero-order valence-electron chi connectivity index (χ0n) is 8.73. The molecule has 2 rings (SSSR count). The quantitative estimate of drug-likeness (QED) is 0.423. The number of nitrogens with zero attached hydrogens (tertiary/aromatic N) is 3. The molecule has 2 heterocycles. The molecular weight excluding hydrogens is 218 g/mol. The summed E-state index contributed by atoms with van der Waals surface area (Å²) >= 11 is 0. The summed E-state index contributed by atoms with van der Waals surface area (Å²) in [4.78, 5) is 13.5. The molecule has 0 saturated carbocycles. The minimum absolute atomic E-state index is 0.674. The van der Waals surface area contributed by atoms with Gasteiger partial charge in [-0.05, 0) is 19.4 Å². The Balaban J connectivity index is 2.23. The van der Waals surface area contributed by atoms with Crippen LogP contribution in [0.1, 0.15) is 13.8 Å². The monoisotopic (exact) mass is 229 g/mol. The van der Waals surface area contributed by atoms with Crippen LogP contribution < -0.4 is 0 Å². The molecule has 2 fully saturated rings. The van der Waals surface area contributed by atoms with E-state index in [1.165, 1.54) is 0 Å². The lowest BCUT2D eigenvalue weighted by Gasteiger charge is -2.21. The number of fused-ring (bicyclic) bond motifs is 1. The summed E-state index contributed by atoms with van der Waals surface area (Å²) in [5, 5.41) is 12.3. The van der Waals surface area contributed by atoms with Gasteiger partial charge in [0.25, 0.3) is 0 Å². The Labute approximate surface area is 90.7 Å². The fourth-order valence-electron chi connectivity index (χ4n) is 1.88. The van der Waals surface area contributed by atoms with Crippen LogP contribution in [0.5, 0.6) is 0 Å². The average Bonchev–Trinajstić information content (AvgIpc) is 2.60. The molecule has 8 nitrogen and oxygen atoms in total. The van der Waals surface area contributed by atoms with Crippen LogP contribution in [-0.4, -0.2) is 41.4 Å². The standard InChI is InChI=1S/C8H11N3O5/c1-8(2)15-5-3(10-11-9)4(6(12)13)14-7(5)16-8/h3-5,7H,1-2H3,(H,12,13). The maximum atomic E-state index is 10.9. The van der Waals surface area contributed by atoms with Crippen LogP contribution in [0, 0.1) is 0 Å². The van der Waals surface area contributed by atoms with Crippen LogP contribution in [0.25, 0.3) is 10.4 Å². The number of hydrogen-bond acceptors (Lipinski definition) is 5. The second-order valence-corrected chi connectivity index (χ2v) is 4.06. The summed E-state index contributed by atoms with van der Waals surface area (Å²) in [6, 6.07) is -0.908. The molecule has 16 heavy (non-hydrogen) atoms. The van der Waals surface area contributed by atoms with Gasteiger partial charge in [0.05, 0.1) is 0 Å². The second-order valence-electron chi connectivity index (χ2n) is 4.06. The first-order valence-corrected chi connectivity index (χ1v) is 4.73. The number of carbonyl (C=O) groups is 1. The normalized spacial score (nSPS) is 40.1. The first kappa shape index (κ1) is 11.2. The van der Waals surface area contributed by atoms with E-state index in [0.29, 0.717) is 0 Å². The van der Waals surface area contributed by atoms with Crippen molar-refractivity contribution < 1.29 is 24.1 Å². The van der Waals surface area contributed by atoms with Gasteiger partial charge in [-0.15, -0.1) is 0 Å². The van der Waals surface area contributed by atoms with Crippen molar-refractivity contribution in [3.05, 3.63) is 10.4 Å². The molecule has 4 atom stereocenters. The van der Waals surface area contributed by atoms with Crippen LogP contribution >= 0.6 is 0 Å². The predicted octanol–water partition coefficient (Wildman–Crippen LogP) is 0.626. The molecule has 0 amide bonds. The van der Waals surface area contributed by atoms with Crippen molar-refractivity contribution in [2.75, 3.05) is 0 Å². The first-order valence-electron chi connectivity index (χ1n) is 4.73. The van der Waals surface area contributed by atoms with Crippen LogP contribution in [0.3, 0.4) is 0 Å². The van der Waals surface area contributed by atoms with Crippen LogP contribution in [0.15, 0.2) is 5.11 Å². The molecule has 1 N–H and O–H groups in total. The number of rotatable bonds is 2. The van der Waals surface area contributed by atoms with E-state index in [4.69, 9.17) is 24.8 Å². The Morgan fingerprint density at radius 1 is 1.50 bits per heavy atom. The highest BCUT2D eigenvalue weighted by Gasteiger charge is 2.56. The molecule has 0 aliphatic carbocycles. The van der Waals surface area contributed by atoms with E-state index >= 15 is 0 Å². The highest BCUT2D eigenvalue weighted by molar-refractivity contribution is 5.74. The zero-order chi connectivity index (χ0) is 11.9. The second kappa shape index (κ2) is 3.60. The number of ether oxygens (including phenoxy) is 3. The van der Waals surface area contributed by atoms with E-state index in [2.05, 4.69) is 10.0 Å². The Kier molecular flexibility index (Phi) is 2.51. The van der Waals surface area contributed by atoms with Gasteiger partial charge in [0.2, 0.25) is 0 Å². The van der Waals surface area contributed by atoms with Gasteiger partial charge in [-0.1, -0.05) is 5.11 Å². The van der Waals surface area contributed by atoms with Gasteiger partial charge < -0.3 is 19.3 Å². The molecule has 2 aliphatic heterocycles. The van der Waals surface area contributed by atoms with Crippen molar-refractivity contribution in [2.45, 2.75) is 44.2 Å². The highest BCUT2D eigenvalue weighted by atomic mass is 16.8. The molecule has 8 heteroatoms. The maximum Gasteiger partial charge on any atom is 0.333 e. The van der Waals surface area contributed by atoms with Crippen molar-refractivity contribution in [2.24, 2.45) is 5.11 Å². The summed E-state index contributed by atoms with van der Waals surface area (Å²) in [5.74, 6) is -2.06. The summed E-state index contributed by atoms with van der Waals surface area (Å²) in [6.07, 6.45) is -2.69. The topological polar surface area (TPSA) is 114 Å². The van der Waals surface area contributed by atoms with Crippen molar-refractivity contribution in [1.29, 1.82) is 0 Å². The van der Waals surface area contributed by atoms with Gasteiger partial charge in [-0.3, -0.25) is 0 Å². The van der Waals surface area contributed by atoms with E-state index in [1.807, 2.05) is 0 Å². The fourth-order valence-corrected chi connectivity index (χ4v) is 1.88. The number of carboxylic acids is 1. The smallest absolute Gasteiger partial charge is 0.333 e. The van der Waals surface area contributed by atoms with Crippen molar-refractivity contribution >= 4 is 5.97 Å². The molecule has 0 radical (unpaired) electrons. The van der Waals surface area contributed by atoms with E-state index < -0.39 is 36.3 Å². The summed E-state index contributed by atoms with van der Waals surface area (Å²) in [7, 11) is 0. The van der Waals surface area contributed by atoms with E-state index in [9.17, 15) is 4.79 Å². The molecule has 88 valence electrons. The largest absolute Gasteiger partial charge is 0.479 e. The Morgan fingerprint density at radius 3 is 2.75 bits per heavy atom.